The van der Waals surface area contributed by atoms with Crippen LogP contribution in [0.1, 0.15) is 95.1 Å². The summed E-state index contributed by atoms with van der Waals surface area (Å²) < 4.78 is 65.8. The van der Waals surface area contributed by atoms with Gasteiger partial charge in [0.15, 0.2) is 11.6 Å². The first-order chi connectivity index (χ1) is 17.2. The van der Waals surface area contributed by atoms with Crippen molar-refractivity contribution in [2.24, 2.45) is 17.8 Å². The lowest BCUT2D eigenvalue weighted by Gasteiger charge is -2.37. The fourth-order valence-corrected chi connectivity index (χ4v) is 9.81. The van der Waals surface area contributed by atoms with E-state index < -0.39 is 43.8 Å². The van der Waals surface area contributed by atoms with Gasteiger partial charge in [-0.2, -0.15) is 13.2 Å². The van der Waals surface area contributed by atoms with Gasteiger partial charge in [0.25, 0.3) is 0 Å². The van der Waals surface area contributed by atoms with Crippen LogP contribution in [0.15, 0.2) is 12.1 Å². The predicted molar refractivity (Wildman–Crippen MR) is 137 cm³/mol. The fourth-order valence-electron chi connectivity index (χ4n) is 6.28. The van der Waals surface area contributed by atoms with E-state index in [4.69, 9.17) is 0 Å². The Hall–Kier alpha value is -1.39. The molecule has 2 fully saturated rings. The van der Waals surface area contributed by atoms with Crippen LogP contribution in [-0.4, -0.2) is 20.0 Å². The van der Waals surface area contributed by atoms with Gasteiger partial charge in [0.05, 0.1) is 11.1 Å². The number of alkyl halides is 3. The average molecular weight is 529 g/mol. The van der Waals surface area contributed by atoms with Gasteiger partial charge in [-0.05, 0) is 49.1 Å². The normalized spacial score (nSPS) is 25.8. The minimum Gasteiger partial charge on any atom is -0.380 e. The van der Waals surface area contributed by atoms with Crippen molar-refractivity contribution in [1.82, 2.24) is 0 Å². The van der Waals surface area contributed by atoms with Crippen molar-refractivity contribution in [3.8, 4) is 11.8 Å². The van der Waals surface area contributed by atoms with E-state index in [1.54, 1.807) is 0 Å². The van der Waals surface area contributed by atoms with Crippen LogP contribution in [0.25, 0.3) is 0 Å². The van der Waals surface area contributed by atoms with Crippen molar-refractivity contribution in [3.63, 3.8) is 0 Å². The zero-order chi connectivity index (χ0) is 26.1. The van der Waals surface area contributed by atoms with Crippen molar-refractivity contribution < 1.29 is 27.1 Å². The molecule has 1 aliphatic heterocycles. The third-order valence-corrected chi connectivity index (χ3v) is 12.0. The summed E-state index contributed by atoms with van der Waals surface area (Å²) >= 11 is 0. The van der Waals surface area contributed by atoms with Crippen molar-refractivity contribution in [3.05, 3.63) is 34.9 Å². The SMILES string of the molecule is CCCCCCC[Si@H]1CC[C@H](C2CCC(CC(O)C#Cc3ccc(C(F)(F)F)c(F)c3F)CC2)CC1. The highest BCUT2D eigenvalue weighted by Crippen LogP contribution is 2.42. The molecule has 1 aromatic carbocycles. The van der Waals surface area contributed by atoms with Crippen LogP contribution in [-0.2, 0) is 6.18 Å². The molecule has 0 spiro atoms. The molecule has 1 aliphatic carbocycles. The van der Waals surface area contributed by atoms with E-state index in [1.165, 1.54) is 75.9 Å². The standard InChI is InChI=1S/C29H41F5OSi/c1-2-3-4-5-6-17-36-18-15-23(16-19-36)22-9-7-21(8-10-22)20-25(35)13-11-24-12-14-26(29(32,33)34)28(31)27(24)30/h12,14,21-23,25,35-36H,2-10,15-20H2,1H3/t21?,22?,23-,25?,36-. The average Bonchev–Trinajstić information content (AvgIpc) is 2.85. The molecule has 1 saturated heterocycles. The molecular weight excluding hydrogens is 487 g/mol. The molecule has 0 amide bonds. The number of aliphatic hydroxyl groups is 1. The van der Waals surface area contributed by atoms with E-state index in [0.717, 1.165) is 30.7 Å². The predicted octanol–water partition coefficient (Wildman–Crippen LogP) is 8.50. The number of benzene rings is 1. The number of halogens is 5. The van der Waals surface area contributed by atoms with Gasteiger partial charge >= 0.3 is 6.18 Å². The van der Waals surface area contributed by atoms with Crippen LogP contribution >= 0.6 is 0 Å². The maximum absolute atomic E-state index is 14.0. The quantitative estimate of drug-likeness (QED) is 0.147. The molecule has 1 unspecified atom stereocenters. The molecule has 0 radical (unpaired) electrons. The van der Waals surface area contributed by atoms with Crippen LogP contribution < -0.4 is 0 Å². The minimum atomic E-state index is -4.97. The number of unbranched alkanes of at least 4 members (excludes halogenated alkanes) is 4. The lowest BCUT2D eigenvalue weighted by Crippen LogP contribution is -2.29. The van der Waals surface area contributed by atoms with Gasteiger partial charge in [0.1, 0.15) is 6.10 Å². The molecule has 1 atom stereocenters. The first-order valence-corrected chi connectivity index (χ1v) is 16.4. The summed E-state index contributed by atoms with van der Waals surface area (Å²) in [4.78, 5) is 0. The largest absolute Gasteiger partial charge is 0.419 e. The molecule has 1 aromatic rings. The third-order valence-electron chi connectivity index (χ3n) is 8.48. The number of rotatable bonds is 9. The Bertz CT molecular complexity index is 874. The summed E-state index contributed by atoms with van der Waals surface area (Å²) in [5.41, 5.74) is -2.12. The topological polar surface area (TPSA) is 20.2 Å². The van der Waals surface area contributed by atoms with Crippen molar-refractivity contribution in [2.45, 2.75) is 114 Å². The molecule has 1 heterocycles. The second-order valence-corrected chi connectivity index (χ2v) is 14.5. The van der Waals surface area contributed by atoms with E-state index in [9.17, 15) is 27.1 Å². The van der Waals surface area contributed by atoms with Gasteiger partial charge in [-0.15, -0.1) is 0 Å². The van der Waals surface area contributed by atoms with Crippen LogP contribution in [0.2, 0.25) is 18.1 Å². The van der Waals surface area contributed by atoms with Crippen LogP contribution in [0.3, 0.4) is 0 Å². The van der Waals surface area contributed by atoms with Gasteiger partial charge in [0, 0.05) is 8.80 Å². The van der Waals surface area contributed by atoms with Gasteiger partial charge in [-0.1, -0.05) is 94.7 Å². The van der Waals surface area contributed by atoms with Gasteiger partial charge in [0.2, 0.25) is 0 Å². The van der Waals surface area contributed by atoms with E-state index in [1.807, 2.05) is 0 Å². The Labute approximate surface area is 214 Å². The first-order valence-electron chi connectivity index (χ1n) is 13.9. The highest BCUT2D eigenvalue weighted by atomic mass is 28.3. The van der Waals surface area contributed by atoms with Gasteiger partial charge < -0.3 is 5.11 Å². The summed E-state index contributed by atoms with van der Waals surface area (Å²) in [5.74, 6) is 3.24. The number of aliphatic hydroxyl groups excluding tert-OH is 1. The van der Waals surface area contributed by atoms with E-state index in [-0.39, 0.29) is 0 Å². The lowest BCUT2D eigenvalue weighted by molar-refractivity contribution is -0.140. The van der Waals surface area contributed by atoms with Crippen LogP contribution in [0.4, 0.5) is 22.0 Å². The Morgan fingerprint density at radius 3 is 2.19 bits per heavy atom. The third kappa shape index (κ3) is 8.58. The Morgan fingerprint density at radius 1 is 0.917 bits per heavy atom. The lowest BCUT2D eigenvalue weighted by atomic mass is 9.73. The molecule has 0 bridgehead atoms. The maximum atomic E-state index is 14.0. The van der Waals surface area contributed by atoms with Crippen LogP contribution in [0, 0.1) is 41.2 Å². The van der Waals surface area contributed by atoms with E-state index >= 15 is 0 Å². The zero-order valence-corrected chi connectivity index (χ0v) is 22.6. The molecule has 2 aliphatic rings. The van der Waals surface area contributed by atoms with Gasteiger partial charge in [-0.25, -0.2) is 8.78 Å². The van der Waals surface area contributed by atoms with Gasteiger partial charge in [-0.3, -0.25) is 0 Å². The fraction of sp³-hybridized carbons (Fsp3) is 0.724. The molecule has 3 rings (SSSR count). The summed E-state index contributed by atoms with van der Waals surface area (Å²) in [6.45, 7) is 2.26. The molecular formula is C29H41F5OSi. The molecule has 1 nitrogen and oxygen atoms in total. The summed E-state index contributed by atoms with van der Waals surface area (Å²) in [6.07, 6.45) is 8.68. The first kappa shape index (κ1) is 29.2. The summed E-state index contributed by atoms with van der Waals surface area (Å²) in [5, 5.41) is 10.3. The second kappa shape index (κ2) is 14.0. The Balaban J connectivity index is 1.39. The van der Waals surface area contributed by atoms with Crippen molar-refractivity contribution in [2.75, 3.05) is 0 Å². The number of hydrogen-bond acceptors (Lipinski definition) is 1. The Kier molecular flexibility index (Phi) is 11.3. The molecule has 1 saturated carbocycles. The zero-order valence-electron chi connectivity index (χ0n) is 21.5. The Morgan fingerprint density at radius 2 is 1.56 bits per heavy atom. The van der Waals surface area contributed by atoms with Crippen molar-refractivity contribution in [1.29, 1.82) is 0 Å². The molecule has 7 heteroatoms. The minimum absolute atomic E-state index is 0.341. The second-order valence-electron chi connectivity index (χ2n) is 11.1. The number of hydrogen-bond donors (Lipinski definition) is 1. The highest BCUT2D eigenvalue weighted by molar-refractivity contribution is 6.58. The summed E-state index contributed by atoms with van der Waals surface area (Å²) in [6, 6.07) is 5.85. The smallest absolute Gasteiger partial charge is 0.380 e. The van der Waals surface area contributed by atoms with Crippen LogP contribution in [0.5, 0.6) is 0 Å². The van der Waals surface area contributed by atoms with E-state index in [2.05, 4.69) is 18.8 Å². The summed E-state index contributed by atoms with van der Waals surface area (Å²) in [7, 11) is -0.509. The van der Waals surface area contributed by atoms with Crippen molar-refractivity contribution >= 4 is 8.80 Å². The maximum Gasteiger partial charge on any atom is 0.419 e. The monoisotopic (exact) mass is 528 g/mol. The molecule has 202 valence electrons. The van der Waals surface area contributed by atoms with E-state index in [0.29, 0.717) is 18.4 Å². The molecule has 1 N–H and O–H groups in total. The molecule has 0 aromatic heterocycles. The highest BCUT2D eigenvalue weighted by Gasteiger charge is 2.36. The molecule has 36 heavy (non-hydrogen) atoms.